The summed E-state index contributed by atoms with van der Waals surface area (Å²) >= 11 is 6.24. The van der Waals surface area contributed by atoms with Crippen molar-refractivity contribution in [3.05, 3.63) is 64.7 Å². The van der Waals surface area contributed by atoms with Crippen molar-refractivity contribution in [2.75, 3.05) is 37.0 Å². The van der Waals surface area contributed by atoms with E-state index < -0.39 is 6.10 Å². The van der Waals surface area contributed by atoms with E-state index in [2.05, 4.69) is 54.4 Å². The van der Waals surface area contributed by atoms with E-state index in [4.69, 9.17) is 11.6 Å². The van der Waals surface area contributed by atoms with Crippen LogP contribution in [0.1, 0.15) is 40.7 Å². The molecule has 0 amide bonds. The molecule has 1 aliphatic heterocycles. The van der Waals surface area contributed by atoms with Crippen LogP contribution in [0.25, 0.3) is 0 Å². The number of anilines is 1. The van der Waals surface area contributed by atoms with E-state index in [-0.39, 0.29) is 5.92 Å². The van der Waals surface area contributed by atoms with Gasteiger partial charge in [-0.25, -0.2) is 0 Å². The summed E-state index contributed by atoms with van der Waals surface area (Å²) in [6, 6.07) is 14.7. The fourth-order valence-corrected chi connectivity index (χ4v) is 4.16. The van der Waals surface area contributed by atoms with Gasteiger partial charge in [0.25, 0.3) is 0 Å². The van der Waals surface area contributed by atoms with E-state index in [1.165, 1.54) is 22.4 Å². The molecule has 2 aromatic rings. The second-order valence-electron chi connectivity index (χ2n) is 7.24. The molecule has 2 aromatic carbocycles. The quantitative estimate of drug-likeness (QED) is 0.747. The third kappa shape index (κ3) is 4.40. The van der Waals surface area contributed by atoms with Gasteiger partial charge in [0.2, 0.25) is 0 Å². The van der Waals surface area contributed by atoms with Crippen molar-refractivity contribution < 1.29 is 5.11 Å². The van der Waals surface area contributed by atoms with E-state index >= 15 is 0 Å². The zero-order valence-corrected chi connectivity index (χ0v) is 16.5. The monoisotopic (exact) mass is 372 g/mol. The molecule has 1 heterocycles. The molecular formula is C22H29ClN2O. The first-order chi connectivity index (χ1) is 12.6. The molecular weight excluding hydrogens is 344 g/mol. The lowest BCUT2D eigenvalue weighted by molar-refractivity contribution is 0.160. The fraction of sp³-hybridized carbons (Fsp3) is 0.455. The molecule has 0 spiro atoms. The second kappa shape index (κ2) is 8.90. The predicted molar refractivity (Wildman–Crippen MR) is 110 cm³/mol. The highest BCUT2D eigenvalue weighted by molar-refractivity contribution is 6.18. The van der Waals surface area contributed by atoms with Gasteiger partial charge in [-0.15, -0.1) is 11.6 Å². The van der Waals surface area contributed by atoms with Crippen LogP contribution >= 0.6 is 11.6 Å². The standard InChI is InChI=1S/C22H29ClN2O/c1-16-5-3-4-6-20(16)19(15-23)14-22(26)18-7-8-21(17(2)13-18)25-11-9-24-10-12-25/h3-8,13,19,22,24,26H,9-12,14-15H2,1-2H3. The normalized spacial score (nSPS) is 17.2. The van der Waals surface area contributed by atoms with Crippen molar-refractivity contribution in [1.29, 1.82) is 0 Å². The van der Waals surface area contributed by atoms with Crippen LogP contribution in [0, 0.1) is 13.8 Å². The number of rotatable bonds is 6. The molecule has 1 saturated heterocycles. The highest BCUT2D eigenvalue weighted by Crippen LogP contribution is 2.33. The summed E-state index contributed by atoms with van der Waals surface area (Å²) in [7, 11) is 0. The molecule has 140 valence electrons. The molecule has 0 radical (unpaired) electrons. The number of alkyl halides is 1. The van der Waals surface area contributed by atoms with Gasteiger partial charge in [0.1, 0.15) is 0 Å². The summed E-state index contributed by atoms with van der Waals surface area (Å²) in [6.07, 6.45) is 0.134. The third-order valence-electron chi connectivity index (χ3n) is 5.39. The number of piperazine rings is 1. The van der Waals surface area contributed by atoms with E-state index in [1.807, 2.05) is 12.1 Å². The minimum absolute atomic E-state index is 0.154. The molecule has 0 aromatic heterocycles. The molecule has 2 N–H and O–H groups in total. The number of aliphatic hydroxyl groups is 1. The summed E-state index contributed by atoms with van der Waals surface area (Å²) in [5.74, 6) is 0.667. The van der Waals surface area contributed by atoms with Crippen molar-refractivity contribution in [2.24, 2.45) is 0 Å². The topological polar surface area (TPSA) is 35.5 Å². The molecule has 3 rings (SSSR count). The summed E-state index contributed by atoms with van der Waals surface area (Å²) < 4.78 is 0. The summed E-state index contributed by atoms with van der Waals surface area (Å²) in [5, 5.41) is 14.2. The lowest BCUT2D eigenvalue weighted by Crippen LogP contribution is -2.43. The van der Waals surface area contributed by atoms with Gasteiger partial charge in [0.15, 0.2) is 0 Å². The molecule has 3 nitrogen and oxygen atoms in total. The Morgan fingerprint density at radius 3 is 2.46 bits per heavy atom. The summed E-state index contributed by atoms with van der Waals surface area (Å²) in [6.45, 7) is 8.35. The molecule has 0 bridgehead atoms. The van der Waals surface area contributed by atoms with E-state index in [9.17, 15) is 5.11 Å². The minimum Gasteiger partial charge on any atom is -0.388 e. The van der Waals surface area contributed by atoms with Crippen molar-refractivity contribution in [3.8, 4) is 0 Å². The first kappa shape index (κ1) is 19.2. The number of aryl methyl sites for hydroxylation is 2. The number of hydrogen-bond donors (Lipinski definition) is 2. The van der Waals surface area contributed by atoms with Crippen LogP contribution in [0.5, 0.6) is 0 Å². The second-order valence-corrected chi connectivity index (χ2v) is 7.55. The van der Waals surface area contributed by atoms with Crippen LogP contribution in [0.15, 0.2) is 42.5 Å². The molecule has 0 aliphatic carbocycles. The molecule has 2 atom stereocenters. The summed E-state index contributed by atoms with van der Waals surface area (Å²) in [5.41, 5.74) is 5.94. The Labute approximate surface area is 162 Å². The number of halogens is 1. The van der Waals surface area contributed by atoms with Crippen LogP contribution in [-0.2, 0) is 0 Å². The van der Waals surface area contributed by atoms with Crippen molar-refractivity contribution in [3.63, 3.8) is 0 Å². The van der Waals surface area contributed by atoms with E-state index in [0.29, 0.717) is 12.3 Å². The van der Waals surface area contributed by atoms with Crippen LogP contribution in [0.2, 0.25) is 0 Å². The minimum atomic E-state index is -0.505. The predicted octanol–water partition coefficient (Wildman–Crippen LogP) is 4.16. The van der Waals surface area contributed by atoms with Crippen LogP contribution in [-0.4, -0.2) is 37.2 Å². The SMILES string of the molecule is Cc1ccccc1C(CCl)CC(O)c1ccc(N2CCNCC2)c(C)c1. The molecule has 1 fully saturated rings. The van der Waals surface area contributed by atoms with Gasteiger partial charge in [0.05, 0.1) is 6.10 Å². The maximum Gasteiger partial charge on any atom is 0.0796 e. The van der Waals surface area contributed by atoms with Gasteiger partial charge in [0, 0.05) is 43.7 Å². The van der Waals surface area contributed by atoms with Crippen LogP contribution in [0.4, 0.5) is 5.69 Å². The average molecular weight is 373 g/mol. The van der Waals surface area contributed by atoms with E-state index in [1.54, 1.807) is 0 Å². The lowest BCUT2D eigenvalue weighted by Gasteiger charge is -2.31. The average Bonchev–Trinajstić information content (AvgIpc) is 2.67. The van der Waals surface area contributed by atoms with Gasteiger partial charge in [-0.05, 0) is 48.6 Å². The zero-order valence-electron chi connectivity index (χ0n) is 15.7. The maximum atomic E-state index is 10.8. The first-order valence-electron chi connectivity index (χ1n) is 9.46. The van der Waals surface area contributed by atoms with Gasteiger partial charge >= 0.3 is 0 Å². The first-order valence-corrected chi connectivity index (χ1v) is 9.99. The Morgan fingerprint density at radius 1 is 1.08 bits per heavy atom. The van der Waals surface area contributed by atoms with Crippen LogP contribution < -0.4 is 10.2 Å². The Morgan fingerprint density at radius 2 is 1.81 bits per heavy atom. The number of aliphatic hydroxyl groups excluding tert-OH is 1. The molecule has 4 heteroatoms. The Hall–Kier alpha value is -1.55. The van der Waals surface area contributed by atoms with Gasteiger partial charge in [-0.2, -0.15) is 0 Å². The zero-order chi connectivity index (χ0) is 18.5. The highest BCUT2D eigenvalue weighted by Gasteiger charge is 2.20. The maximum absolute atomic E-state index is 10.8. The molecule has 0 saturated carbocycles. The van der Waals surface area contributed by atoms with Gasteiger partial charge in [-0.1, -0.05) is 36.4 Å². The highest BCUT2D eigenvalue weighted by atomic mass is 35.5. The fourth-order valence-electron chi connectivity index (χ4n) is 3.87. The number of benzene rings is 2. The molecule has 26 heavy (non-hydrogen) atoms. The summed E-state index contributed by atoms with van der Waals surface area (Å²) in [4.78, 5) is 2.41. The largest absolute Gasteiger partial charge is 0.388 e. The Bertz CT molecular complexity index is 728. The van der Waals surface area contributed by atoms with Crippen molar-refractivity contribution in [1.82, 2.24) is 5.32 Å². The molecule has 1 aliphatic rings. The Kier molecular flexibility index (Phi) is 6.58. The molecule has 2 unspecified atom stereocenters. The Balaban J connectivity index is 1.73. The van der Waals surface area contributed by atoms with Crippen molar-refractivity contribution >= 4 is 17.3 Å². The third-order valence-corrected chi connectivity index (χ3v) is 5.76. The van der Waals surface area contributed by atoms with Crippen molar-refractivity contribution in [2.45, 2.75) is 32.3 Å². The smallest absolute Gasteiger partial charge is 0.0796 e. The number of nitrogens with zero attached hydrogens (tertiary/aromatic N) is 1. The van der Waals surface area contributed by atoms with Gasteiger partial charge < -0.3 is 15.3 Å². The lowest BCUT2D eigenvalue weighted by atomic mass is 9.89. The number of nitrogens with one attached hydrogen (secondary N) is 1. The van der Waals surface area contributed by atoms with E-state index in [0.717, 1.165) is 31.7 Å². The van der Waals surface area contributed by atoms with Gasteiger partial charge in [-0.3, -0.25) is 0 Å². The number of hydrogen-bond acceptors (Lipinski definition) is 3. The van der Waals surface area contributed by atoms with Crippen LogP contribution in [0.3, 0.4) is 0 Å².